The van der Waals surface area contributed by atoms with Gasteiger partial charge in [0.15, 0.2) is 9.84 Å². The largest absolute Gasteiger partial charge is 0.330 e. The fourth-order valence-electron chi connectivity index (χ4n) is 1.55. The van der Waals surface area contributed by atoms with Crippen LogP contribution in [0.25, 0.3) is 6.08 Å². The molecule has 1 aliphatic rings. The minimum Gasteiger partial charge on any atom is -0.330 e. The molecule has 0 amide bonds. The van der Waals surface area contributed by atoms with Crippen molar-refractivity contribution in [1.82, 2.24) is 0 Å². The molecule has 0 unspecified atom stereocenters. The smallest absolute Gasteiger partial charge is 0.200 e. The van der Waals surface area contributed by atoms with Gasteiger partial charge in [-0.05, 0) is 36.2 Å². The summed E-state index contributed by atoms with van der Waals surface area (Å²) in [4.78, 5) is 0.401. The summed E-state index contributed by atoms with van der Waals surface area (Å²) in [6, 6.07) is 5.34. The number of nitrogens with two attached hydrogens (primary N) is 1. The lowest BCUT2D eigenvalue weighted by Gasteiger charge is -2.02. The van der Waals surface area contributed by atoms with Crippen LogP contribution in [0.4, 0.5) is 0 Å². The van der Waals surface area contributed by atoms with E-state index in [1.54, 1.807) is 12.1 Å². The molecule has 0 fully saturated rings. The van der Waals surface area contributed by atoms with E-state index in [4.69, 9.17) is 5.73 Å². The second-order valence-electron chi connectivity index (χ2n) is 3.26. The molecule has 0 radical (unpaired) electrons. The Balaban J connectivity index is 2.49. The molecule has 0 atom stereocenters. The monoisotopic (exact) mass is 209 g/mol. The van der Waals surface area contributed by atoms with Crippen molar-refractivity contribution in [1.29, 1.82) is 0 Å². The van der Waals surface area contributed by atoms with E-state index in [-0.39, 0.29) is 0 Å². The average molecular weight is 209 g/mol. The molecule has 1 heterocycles. The van der Waals surface area contributed by atoms with Crippen LogP contribution in [0.1, 0.15) is 11.1 Å². The predicted octanol–water partition coefficient (Wildman–Crippen LogP) is 0.946. The van der Waals surface area contributed by atoms with Gasteiger partial charge in [-0.3, -0.25) is 0 Å². The van der Waals surface area contributed by atoms with Crippen LogP contribution >= 0.6 is 0 Å². The van der Waals surface area contributed by atoms with Crippen LogP contribution in [-0.4, -0.2) is 15.0 Å². The molecule has 1 aromatic carbocycles. The van der Waals surface area contributed by atoms with Gasteiger partial charge in [0.05, 0.1) is 4.90 Å². The maximum Gasteiger partial charge on any atom is 0.200 e. The molecule has 0 spiro atoms. The average Bonchev–Trinajstić information content (AvgIpc) is 2.43. The quantitative estimate of drug-likeness (QED) is 0.788. The van der Waals surface area contributed by atoms with E-state index in [9.17, 15) is 8.42 Å². The summed E-state index contributed by atoms with van der Waals surface area (Å²) in [5.41, 5.74) is 7.27. The minimum atomic E-state index is -3.15. The zero-order valence-corrected chi connectivity index (χ0v) is 8.42. The number of benzene rings is 1. The highest BCUT2D eigenvalue weighted by molar-refractivity contribution is 7.94. The van der Waals surface area contributed by atoms with Crippen molar-refractivity contribution < 1.29 is 8.42 Å². The Morgan fingerprint density at radius 1 is 1.29 bits per heavy atom. The zero-order chi connectivity index (χ0) is 10.2. The van der Waals surface area contributed by atoms with Gasteiger partial charge in [-0.15, -0.1) is 0 Å². The fourth-order valence-corrected chi connectivity index (χ4v) is 2.73. The third kappa shape index (κ3) is 1.47. The first-order valence-electron chi connectivity index (χ1n) is 4.40. The highest BCUT2D eigenvalue weighted by Crippen LogP contribution is 2.27. The Kier molecular flexibility index (Phi) is 2.17. The van der Waals surface area contributed by atoms with E-state index in [1.165, 1.54) is 5.41 Å². The predicted molar refractivity (Wildman–Crippen MR) is 55.4 cm³/mol. The third-order valence-electron chi connectivity index (χ3n) is 2.24. The molecule has 3 nitrogen and oxygen atoms in total. The van der Waals surface area contributed by atoms with Crippen molar-refractivity contribution in [3.8, 4) is 0 Å². The summed E-state index contributed by atoms with van der Waals surface area (Å²) in [7, 11) is -3.15. The Morgan fingerprint density at radius 3 is 2.79 bits per heavy atom. The Hall–Kier alpha value is -1.13. The SMILES string of the molecule is NCCc1ccc2c(c1)C=CS2(=O)=O. The van der Waals surface area contributed by atoms with Crippen molar-refractivity contribution >= 4 is 15.9 Å². The lowest BCUT2D eigenvalue weighted by atomic mass is 10.1. The van der Waals surface area contributed by atoms with Crippen LogP contribution in [-0.2, 0) is 16.3 Å². The number of rotatable bonds is 2. The molecule has 2 N–H and O–H groups in total. The van der Waals surface area contributed by atoms with Gasteiger partial charge in [-0.1, -0.05) is 12.1 Å². The van der Waals surface area contributed by atoms with Gasteiger partial charge in [-0.25, -0.2) is 8.42 Å². The maximum absolute atomic E-state index is 11.4. The molecule has 1 aliphatic heterocycles. The van der Waals surface area contributed by atoms with E-state index in [0.717, 1.165) is 17.5 Å². The van der Waals surface area contributed by atoms with Gasteiger partial charge in [0, 0.05) is 5.41 Å². The molecule has 14 heavy (non-hydrogen) atoms. The summed E-state index contributed by atoms with van der Waals surface area (Å²) in [6.07, 6.45) is 2.41. The molecule has 1 aromatic rings. The fraction of sp³-hybridized carbons (Fsp3) is 0.200. The number of sulfone groups is 1. The van der Waals surface area contributed by atoms with Gasteiger partial charge in [-0.2, -0.15) is 0 Å². The Labute approximate surface area is 83.2 Å². The van der Waals surface area contributed by atoms with E-state index < -0.39 is 9.84 Å². The van der Waals surface area contributed by atoms with Crippen molar-refractivity contribution in [3.63, 3.8) is 0 Å². The second kappa shape index (κ2) is 3.22. The highest BCUT2D eigenvalue weighted by Gasteiger charge is 2.19. The van der Waals surface area contributed by atoms with Gasteiger partial charge < -0.3 is 5.73 Å². The molecule has 0 saturated carbocycles. The molecule has 2 rings (SSSR count). The molecule has 0 saturated heterocycles. The number of hydrogen-bond donors (Lipinski definition) is 1. The van der Waals surface area contributed by atoms with Crippen molar-refractivity contribution in [2.45, 2.75) is 11.3 Å². The standard InChI is InChI=1S/C10H11NO2S/c11-5-3-8-1-2-10-9(7-8)4-6-14(10,12)13/h1-2,4,6-7H,3,5,11H2. The van der Waals surface area contributed by atoms with E-state index in [1.807, 2.05) is 12.1 Å². The van der Waals surface area contributed by atoms with E-state index >= 15 is 0 Å². The lowest BCUT2D eigenvalue weighted by molar-refractivity contribution is 0.605. The van der Waals surface area contributed by atoms with Crippen LogP contribution < -0.4 is 5.73 Å². The molecule has 74 valence electrons. The van der Waals surface area contributed by atoms with Gasteiger partial charge in [0.25, 0.3) is 0 Å². The van der Waals surface area contributed by atoms with Crippen molar-refractivity contribution in [3.05, 3.63) is 34.7 Å². The summed E-state index contributed by atoms with van der Waals surface area (Å²) in [5, 5.41) is 1.24. The van der Waals surface area contributed by atoms with Crippen LogP contribution in [0, 0.1) is 0 Å². The van der Waals surface area contributed by atoms with Crippen LogP contribution in [0.2, 0.25) is 0 Å². The Bertz CT molecular complexity index is 489. The van der Waals surface area contributed by atoms with Gasteiger partial charge >= 0.3 is 0 Å². The normalized spacial score (nSPS) is 16.9. The number of hydrogen-bond acceptors (Lipinski definition) is 3. The summed E-state index contributed by atoms with van der Waals surface area (Å²) in [5.74, 6) is 0. The maximum atomic E-state index is 11.4. The Morgan fingerprint density at radius 2 is 2.07 bits per heavy atom. The van der Waals surface area contributed by atoms with Crippen LogP contribution in [0.5, 0.6) is 0 Å². The third-order valence-corrected chi connectivity index (χ3v) is 3.72. The summed E-state index contributed by atoms with van der Waals surface area (Å²) < 4.78 is 22.8. The van der Waals surface area contributed by atoms with Crippen molar-refractivity contribution in [2.24, 2.45) is 5.73 Å². The summed E-state index contributed by atoms with van der Waals surface area (Å²) in [6.45, 7) is 0.579. The first kappa shape index (κ1) is 9.43. The lowest BCUT2D eigenvalue weighted by Crippen LogP contribution is -2.03. The first-order valence-corrected chi connectivity index (χ1v) is 5.94. The minimum absolute atomic E-state index is 0.401. The van der Waals surface area contributed by atoms with Crippen LogP contribution in [0.3, 0.4) is 0 Å². The number of fused-ring (bicyclic) bond motifs is 1. The first-order chi connectivity index (χ1) is 6.63. The molecule has 0 aromatic heterocycles. The summed E-state index contributed by atoms with van der Waals surface area (Å²) >= 11 is 0. The topological polar surface area (TPSA) is 60.2 Å². The molecule has 0 bridgehead atoms. The van der Waals surface area contributed by atoms with E-state index in [0.29, 0.717) is 11.4 Å². The molecular weight excluding hydrogens is 198 g/mol. The van der Waals surface area contributed by atoms with Crippen LogP contribution in [0.15, 0.2) is 28.5 Å². The highest BCUT2D eigenvalue weighted by atomic mass is 32.2. The van der Waals surface area contributed by atoms with E-state index in [2.05, 4.69) is 0 Å². The van der Waals surface area contributed by atoms with Crippen molar-refractivity contribution in [2.75, 3.05) is 6.54 Å². The molecule has 0 aliphatic carbocycles. The second-order valence-corrected chi connectivity index (χ2v) is 5.06. The zero-order valence-electron chi connectivity index (χ0n) is 7.60. The molecular formula is C10H11NO2S. The molecule has 4 heteroatoms. The van der Waals surface area contributed by atoms with Gasteiger partial charge in [0.2, 0.25) is 0 Å². The van der Waals surface area contributed by atoms with Gasteiger partial charge in [0.1, 0.15) is 0 Å².